The summed E-state index contributed by atoms with van der Waals surface area (Å²) in [5.74, 6) is 0.147. The predicted molar refractivity (Wildman–Crippen MR) is 82.6 cm³/mol. The topological polar surface area (TPSA) is 41.1 Å². The molecule has 1 aliphatic heterocycles. The van der Waals surface area contributed by atoms with E-state index in [-0.39, 0.29) is 24.4 Å². The summed E-state index contributed by atoms with van der Waals surface area (Å²) >= 11 is 1.79. The number of carbonyl (C=O) groups is 1. The Hall–Kier alpha value is -0.580. The van der Waals surface area contributed by atoms with E-state index in [9.17, 15) is 4.79 Å². The molecule has 1 saturated heterocycles. The highest BCUT2D eigenvalue weighted by Crippen LogP contribution is 2.37. The fraction of sp³-hybridized carbons (Fsp3) is 0.643. The Morgan fingerprint density at radius 3 is 2.79 bits per heavy atom. The van der Waals surface area contributed by atoms with Crippen LogP contribution in [0.5, 0.6) is 0 Å². The number of hydrogen-bond acceptors (Lipinski definition) is 3. The molecule has 3 rings (SSSR count). The first-order valence-electron chi connectivity index (χ1n) is 6.91. The molecule has 1 unspecified atom stereocenters. The smallest absolute Gasteiger partial charge is 0.242 e. The van der Waals surface area contributed by atoms with Crippen molar-refractivity contribution in [2.45, 2.75) is 51.5 Å². The van der Waals surface area contributed by atoms with Crippen LogP contribution < -0.4 is 10.6 Å². The highest BCUT2D eigenvalue weighted by Gasteiger charge is 2.24. The summed E-state index contributed by atoms with van der Waals surface area (Å²) in [5.41, 5.74) is 2.81. The second-order valence-electron chi connectivity index (χ2n) is 5.30. The van der Waals surface area contributed by atoms with Gasteiger partial charge in [0.25, 0.3) is 0 Å². The summed E-state index contributed by atoms with van der Waals surface area (Å²) in [6.45, 7) is 3.12. The average molecular weight is 301 g/mol. The number of aryl methyl sites for hydroxylation is 1. The van der Waals surface area contributed by atoms with Crippen molar-refractivity contribution in [3.63, 3.8) is 0 Å². The van der Waals surface area contributed by atoms with Gasteiger partial charge in [-0.2, -0.15) is 0 Å². The van der Waals surface area contributed by atoms with Crippen molar-refractivity contribution < 1.29 is 4.79 Å². The number of halogens is 1. The fourth-order valence-corrected chi connectivity index (χ4v) is 4.25. The van der Waals surface area contributed by atoms with E-state index >= 15 is 0 Å². The third-order valence-electron chi connectivity index (χ3n) is 4.05. The molecule has 19 heavy (non-hydrogen) atoms. The molecule has 2 aliphatic rings. The molecule has 1 fully saturated rings. The number of carbonyl (C=O) groups excluding carboxylic acids is 1. The number of nitrogens with one attached hydrogen (secondary N) is 2. The zero-order valence-electron chi connectivity index (χ0n) is 11.3. The van der Waals surface area contributed by atoms with Crippen LogP contribution >= 0.6 is 23.7 Å². The molecule has 106 valence electrons. The summed E-state index contributed by atoms with van der Waals surface area (Å²) in [5, 5.41) is 7.46. The summed E-state index contributed by atoms with van der Waals surface area (Å²) in [4.78, 5) is 13.6. The lowest BCUT2D eigenvalue weighted by Crippen LogP contribution is -2.35. The van der Waals surface area contributed by atoms with Gasteiger partial charge in [0, 0.05) is 4.88 Å². The van der Waals surface area contributed by atoms with Gasteiger partial charge in [-0.1, -0.05) is 0 Å². The van der Waals surface area contributed by atoms with Gasteiger partial charge in [0.2, 0.25) is 5.91 Å². The van der Waals surface area contributed by atoms with Crippen LogP contribution in [0, 0.1) is 6.92 Å². The quantitative estimate of drug-likeness (QED) is 0.881. The van der Waals surface area contributed by atoms with Crippen LogP contribution in [0.1, 0.15) is 41.7 Å². The molecular formula is C14H21ClN2OS. The van der Waals surface area contributed by atoms with Crippen LogP contribution in [0.3, 0.4) is 0 Å². The fourth-order valence-electron chi connectivity index (χ4n) is 2.95. The number of fused-ring (bicyclic) bond motifs is 1. The summed E-state index contributed by atoms with van der Waals surface area (Å²) < 4.78 is 0. The first-order valence-corrected chi connectivity index (χ1v) is 7.73. The lowest BCUT2D eigenvalue weighted by atomic mass is 9.96. The number of anilines is 1. The molecule has 1 aromatic rings. The SMILES string of the molecule is Cc1c(NC(=O)C2CCCN2)sc2c1CCCC2.Cl. The van der Waals surface area contributed by atoms with Crippen molar-refractivity contribution in [3.05, 3.63) is 16.0 Å². The molecule has 0 saturated carbocycles. The van der Waals surface area contributed by atoms with Crippen molar-refractivity contribution in [2.24, 2.45) is 0 Å². The molecule has 1 aromatic heterocycles. The van der Waals surface area contributed by atoms with Gasteiger partial charge in [-0.05, 0) is 63.1 Å². The number of rotatable bonds is 2. The van der Waals surface area contributed by atoms with Crippen molar-refractivity contribution in [1.82, 2.24) is 5.32 Å². The number of thiophene rings is 1. The lowest BCUT2D eigenvalue weighted by molar-refractivity contribution is -0.117. The second kappa shape index (κ2) is 6.25. The first kappa shape index (κ1) is 14.8. The van der Waals surface area contributed by atoms with Crippen LogP contribution in [0.25, 0.3) is 0 Å². The van der Waals surface area contributed by atoms with E-state index < -0.39 is 0 Å². The molecule has 5 heteroatoms. The molecule has 1 aliphatic carbocycles. The minimum atomic E-state index is 0. The van der Waals surface area contributed by atoms with Crippen molar-refractivity contribution in [1.29, 1.82) is 0 Å². The maximum atomic E-state index is 12.1. The van der Waals surface area contributed by atoms with Crippen LogP contribution in [-0.2, 0) is 17.6 Å². The normalized spacial score (nSPS) is 21.6. The van der Waals surface area contributed by atoms with E-state index in [0.717, 1.165) is 24.4 Å². The molecule has 3 nitrogen and oxygen atoms in total. The predicted octanol–water partition coefficient (Wildman–Crippen LogP) is 3.05. The zero-order chi connectivity index (χ0) is 12.5. The molecule has 1 amide bonds. The van der Waals surface area contributed by atoms with Gasteiger partial charge in [0.15, 0.2) is 0 Å². The summed E-state index contributed by atoms with van der Waals surface area (Å²) in [6.07, 6.45) is 7.05. The van der Waals surface area contributed by atoms with Gasteiger partial charge >= 0.3 is 0 Å². The Morgan fingerprint density at radius 2 is 2.11 bits per heavy atom. The Balaban J connectivity index is 0.00000133. The Kier molecular flexibility index (Phi) is 4.87. The molecular weight excluding hydrogens is 280 g/mol. The van der Waals surface area contributed by atoms with Crippen LogP contribution in [-0.4, -0.2) is 18.5 Å². The van der Waals surface area contributed by atoms with E-state index in [0.29, 0.717) is 0 Å². The van der Waals surface area contributed by atoms with Crippen LogP contribution in [0.2, 0.25) is 0 Å². The zero-order valence-corrected chi connectivity index (χ0v) is 12.9. The third-order valence-corrected chi connectivity index (χ3v) is 5.36. The van der Waals surface area contributed by atoms with E-state index in [1.165, 1.54) is 41.7 Å². The lowest BCUT2D eigenvalue weighted by Gasteiger charge is -2.11. The Labute approximate surface area is 124 Å². The van der Waals surface area contributed by atoms with Crippen LogP contribution in [0.4, 0.5) is 5.00 Å². The standard InChI is InChI=1S/C14H20N2OS.ClH/c1-9-10-5-2-3-7-12(10)18-14(9)16-13(17)11-6-4-8-15-11;/h11,15H,2-8H2,1H3,(H,16,17);1H. The van der Waals surface area contributed by atoms with Gasteiger partial charge in [0.05, 0.1) is 11.0 Å². The minimum Gasteiger partial charge on any atom is -0.316 e. The number of hydrogen-bond donors (Lipinski definition) is 2. The highest BCUT2D eigenvalue weighted by molar-refractivity contribution is 7.16. The largest absolute Gasteiger partial charge is 0.316 e. The summed E-state index contributed by atoms with van der Waals surface area (Å²) in [6, 6.07) is 0.0172. The third kappa shape index (κ3) is 2.96. The minimum absolute atomic E-state index is 0. The Bertz CT molecular complexity index is 466. The van der Waals surface area contributed by atoms with Gasteiger partial charge < -0.3 is 10.6 Å². The average Bonchev–Trinajstić information content (AvgIpc) is 3.00. The van der Waals surface area contributed by atoms with Crippen molar-refractivity contribution in [2.75, 3.05) is 11.9 Å². The molecule has 2 heterocycles. The van der Waals surface area contributed by atoms with E-state index in [1.807, 2.05) is 0 Å². The highest BCUT2D eigenvalue weighted by atomic mass is 35.5. The molecule has 0 spiro atoms. The molecule has 0 radical (unpaired) electrons. The molecule has 2 N–H and O–H groups in total. The van der Waals surface area contributed by atoms with E-state index in [2.05, 4.69) is 17.6 Å². The second-order valence-corrected chi connectivity index (χ2v) is 6.41. The van der Waals surface area contributed by atoms with Gasteiger partial charge in [-0.15, -0.1) is 23.7 Å². The van der Waals surface area contributed by atoms with Crippen molar-refractivity contribution >= 4 is 34.7 Å². The first-order chi connectivity index (χ1) is 8.75. The maximum Gasteiger partial charge on any atom is 0.242 e. The van der Waals surface area contributed by atoms with E-state index in [4.69, 9.17) is 0 Å². The van der Waals surface area contributed by atoms with Gasteiger partial charge in [0.1, 0.15) is 0 Å². The van der Waals surface area contributed by atoms with E-state index in [1.54, 1.807) is 11.3 Å². The van der Waals surface area contributed by atoms with Crippen molar-refractivity contribution in [3.8, 4) is 0 Å². The van der Waals surface area contributed by atoms with Gasteiger partial charge in [-0.3, -0.25) is 4.79 Å². The monoisotopic (exact) mass is 300 g/mol. The van der Waals surface area contributed by atoms with Crippen LogP contribution in [0.15, 0.2) is 0 Å². The van der Waals surface area contributed by atoms with Gasteiger partial charge in [-0.25, -0.2) is 0 Å². The molecule has 1 atom stereocenters. The molecule has 0 bridgehead atoms. The Morgan fingerprint density at radius 1 is 1.32 bits per heavy atom. The number of amides is 1. The maximum absolute atomic E-state index is 12.1. The summed E-state index contributed by atoms with van der Waals surface area (Å²) in [7, 11) is 0. The molecule has 0 aromatic carbocycles.